The summed E-state index contributed by atoms with van der Waals surface area (Å²) >= 11 is 0. The van der Waals surface area contributed by atoms with Crippen LogP contribution in [0, 0.1) is 5.92 Å². The molecule has 0 saturated heterocycles. The Morgan fingerprint density at radius 2 is 1.96 bits per heavy atom. The van der Waals surface area contributed by atoms with Gasteiger partial charge in [0.2, 0.25) is 0 Å². The van der Waals surface area contributed by atoms with Gasteiger partial charge in [-0.3, -0.25) is 19.7 Å². The highest BCUT2D eigenvalue weighted by molar-refractivity contribution is 5.92. The van der Waals surface area contributed by atoms with Crippen LogP contribution in [0.15, 0.2) is 65.6 Å². The zero-order chi connectivity index (χ0) is 19.5. The van der Waals surface area contributed by atoms with E-state index in [0.29, 0.717) is 24.9 Å². The van der Waals surface area contributed by atoms with Crippen LogP contribution >= 0.6 is 0 Å². The van der Waals surface area contributed by atoms with E-state index in [1.807, 2.05) is 36.4 Å². The number of aromatic amines is 1. The lowest BCUT2D eigenvalue weighted by molar-refractivity contribution is 0.0237. The number of aliphatic hydroxyl groups excluding tert-OH is 1. The number of nitrogens with zero attached hydrogens (tertiary/aromatic N) is 2. The van der Waals surface area contributed by atoms with E-state index in [1.54, 1.807) is 18.3 Å². The lowest BCUT2D eigenvalue weighted by atomic mass is 9.76. The van der Waals surface area contributed by atoms with Crippen LogP contribution in [0.1, 0.15) is 29.0 Å². The highest BCUT2D eigenvalue weighted by Crippen LogP contribution is 2.31. The first-order valence-corrected chi connectivity index (χ1v) is 9.36. The second kappa shape index (κ2) is 7.82. The number of carbonyl (C=O) groups excluding carboxylic acids is 1. The third-order valence-corrected chi connectivity index (χ3v) is 5.17. The van der Waals surface area contributed by atoms with E-state index in [4.69, 9.17) is 0 Å². The summed E-state index contributed by atoms with van der Waals surface area (Å²) in [6.45, 7) is 0. The number of amides is 1. The van der Waals surface area contributed by atoms with Crippen molar-refractivity contribution >= 4 is 5.91 Å². The monoisotopic (exact) mass is 378 g/mol. The molecule has 7 heteroatoms. The third kappa shape index (κ3) is 3.89. The summed E-state index contributed by atoms with van der Waals surface area (Å²) < 4.78 is 1.34. The molecule has 2 aromatic heterocycles. The van der Waals surface area contributed by atoms with Gasteiger partial charge < -0.3 is 10.4 Å². The molecule has 0 unspecified atom stereocenters. The Bertz CT molecular complexity index is 991. The Morgan fingerprint density at radius 3 is 2.64 bits per heavy atom. The van der Waals surface area contributed by atoms with Crippen molar-refractivity contribution in [2.45, 2.75) is 31.4 Å². The molecule has 0 radical (unpaired) electrons. The Hall–Kier alpha value is -3.19. The number of aromatic nitrogens is 3. The van der Waals surface area contributed by atoms with Crippen molar-refractivity contribution in [1.29, 1.82) is 0 Å². The minimum absolute atomic E-state index is 0.158. The van der Waals surface area contributed by atoms with Crippen molar-refractivity contribution in [1.82, 2.24) is 20.1 Å². The predicted octanol–water partition coefficient (Wildman–Crippen LogP) is 1.67. The van der Waals surface area contributed by atoms with Gasteiger partial charge in [0.15, 0.2) is 0 Å². The number of para-hydroxylation sites is 1. The van der Waals surface area contributed by atoms with Crippen LogP contribution < -0.4 is 10.9 Å². The molecule has 3 N–H and O–H groups in total. The fraction of sp³-hybridized carbons (Fsp3) is 0.286. The number of nitrogens with one attached hydrogen (secondary N) is 2. The van der Waals surface area contributed by atoms with E-state index in [9.17, 15) is 14.7 Å². The minimum Gasteiger partial charge on any atom is -0.393 e. The Morgan fingerprint density at radius 1 is 1.21 bits per heavy atom. The van der Waals surface area contributed by atoms with Crippen LogP contribution in [0.3, 0.4) is 0 Å². The second-order valence-corrected chi connectivity index (χ2v) is 7.17. The van der Waals surface area contributed by atoms with E-state index in [2.05, 4.69) is 15.4 Å². The first-order valence-electron chi connectivity index (χ1n) is 9.36. The summed E-state index contributed by atoms with van der Waals surface area (Å²) in [6, 6.07) is 15.9. The van der Waals surface area contributed by atoms with Crippen molar-refractivity contribution in [3.63, 3.8) is 0 Å². The van der Waals surface area contributed by atoms with E-state index < -0.39 is 0 Å². The predicted molar refractivity (Wildman–Crippen MR) is 104 cm³/mol. The van der Waals surface area contributed by atoms with Gasteiger partial charge in [0.1, 0.15) is 5.69 Å². The summed E-state index contributed by atoms with van der Waals surface area (Å²) in [4.78, 5) is 29.4. The molecule has 1 aliphatic carbocycles. The number of aliphatic hydroxyl groups is 1. The zero-order valence-electron chi connectivity index (χ0n) is 15.3. The number of pyridine rings is 1. The van der Waals surface area contributed by atoms with Crippen LogP contribution in [0.4, 0.5) is 0 Å². The van der Waals surface area contributed by atoms with Crippen LogP contribution in [-0.2, 0) is 6.42 Å². The van der Waals surface area contributed by atoms with Crippen LogP contribution in [0.5, 0.6) is 0 Å². The van der Waals surface area contributed by atoms with Gasteiger partial charge in [0.25, 0.3) is 11.5 Å². The summed E-state index contributed by atoms with van der Waals surface area (Å²) in [6.07, 6.45) is 3.29. The van der Waals surface area contributed by atoms with Crippen molar-refractivity contribution in [3.05, 3.63) is 82.5 Å². The fourth-order valence-electron chi connectivity index (χ4n) is 3.57. The minimum atomic E-state index is -0.339. The maximum Gasteiger partial charge on any atom is 0.271 e. The van der Waals surface area contributed by atoms with Gasteiger partial charge in [0, 0.05) is 30.4 Å². The van der Waals surface area contributed by atoms with Gasteiger partial charge in [0.05, 0.1) is 11.8 Å². The molecule has 0 bridgehead atoms. The number of benzene rings is 1. The average Bonchev–Trinajstić information content (AvgIpc) is 3.08. The van der Waals surface area contributed by atoms with E-state index in [-0.39, 0.29) is 35.2 Å². The van der Waals surface area contributed by atoms with E-state index >= 15 is 0 Å². The van der Waals surface area contributed by atoms with Crippen molar-refractivity contribution < 1.29 is 9.90 Å². The first-order chi connectivity index (χ1) is 13.6. The van der Waals surface area contributed by atoms with Gasteiger partial charge in [-0.2, -0.15) is 0 Å². The number of H-pyrrole nitrogens is 1. The standard InChI is InChI=1S/C21H22N4O3/c26-17-10-14(11-17)18(12-15-6-4-5-9-22-15)23-21(28)19-13-20(27)25(24-19)16-7-2-1-3-8-16/h1-9,13-14,17-18,24,26H,10-12H2,(H,23,28)/t14?,17?,18-/m1/s1. The molecule has 2 heterocycles. The highest BCUT2D eigenvalue weighted by atomic mass is 16.3. The lowest BCUT2D eigenvalue weighted by Gasteiger charge is -2.38. The molecule has 3 aromatic rings. The molecule has 1 aliphatic rings. The molecule has 1 amide bonds. The molecular formula is C21H22N4O3. The fourth-order valence-corrected chi connectivity index (χ4v) is 3.57. The van der Waals surface area contributed by atoms with Crippen LogP contribution in [0.25, 0.3) is 5.69 Å². The molecule has 1 saturated carbocycles. The summed E-state index contributed by atoms with van der Waals surface area (Å²) in [5, 5.41) is 15.6. The third-order valence-electron chi connectivity index (χ3n) is 5.17. The quantitative estimate of drug-likeness (QED) is 0.607. The number of hydrogen-bond acceptors (Lipinski definition) is 4. The van der Waals surface area contributed by atoms with Gasteiger partial charge >= 0.3 is 0 Å². The summed E-state index contributed by atoms with van der Waals surface area (Å²) in [5.41, 5.74) is 1.46. The SMILES string of the molecule is O=C(N[C@H](Cc1ccccn1)C1CC(O)C1)c1cc(=O)n(-c2ccccc2)[nH]1. The molecular weight excluding hydrogens is 356 g/mol. The Labute approximate surface area is 162 Å². The Balaban J connectivity index is 1.52. The smallest absolute Gasteiger partial charge is 0.271 e. The van der Waals surface area contributed by atoms with E-state index in [1.165, 1.54) is 10.7 Å². The van der Waals surface area contributed by atoms with Crippen molar-refractivity contribution in [3.8, 4) is 5.69 Å². The molecule has 0 spiro atoms. The number of hydrogen-bond donors (Lipinski definition) is 3. The second-order valence-electron chi connectivity index (χ2n) is 7.17. The van der Waals surface area contributed by atoms with Crippen molar-refractivity contribution in [2.24, 2.45) is 5.92 Å². The average molecular weight is 378 g/mol. The van der Waals surface area contributed by atoms with Gasteiger partial charge in [-0.1, -0.05) is 24.3 Å². The lowest BCUT2D eigenvalue weighted by Crippen LogP contribution is -2.48. The molecule has 4 rings (SSSR count). The maximum absolute atomic E-state index is 12.8. The molecule has 7 nitrogen and oxygen atoms in total. The maximum atomic E-state index is 12.8. The van der Waals surface area contributed by atoms with Gasteiger partial charge in [-0.25, -0.2) is 4.68 Å². The number of carbonyl (C=O) groups is 1. The first kappa shape index (κ1) is 18.2. The highest BCUT2D eigenvalue weighted by Gasteiger charge is 2.35. The van der Waals surface area contributed by atoms with E-state index in [0.717, 1.165) is 5.69 Å². The molecule has 1 aromatic carbocycles. The summed E-state index contributed by atoms with van der Waals surface area (Å²) in [7, 11) is 0. The molecule has 1 atom stereocenters. The zero-order valence-corrected chi connectivity index (χ0v) is 15.3. The summed E-state index contributed by atoms with van der Waals surface area (Å²) in [5.74, 6) is -0.155. The Kier molecular flexibility index (Phi) is 5.08. The molecule has 1 fully saturated rings. The van der Waals surface area contributed by atoms with Gasteiger partial charge in [-0.05, 0) is 43.0 Å². The van der Waals surface area contributed by atoms with Gasteiger partial charge in [-0.15, -0.1) is 0 Å². The van der Waals surface area contributed by atoms with Crippen LogP contribution in [0.2, 0.25) is 0 Å². The topological polar surface area (TPSA) is 100 Å². The normalized spacial score (nSPS) is 19.6. The largest absolute Gasteiger partial charge is 0.393 e. The van der Waals surface area contributed by atoms with Crippen LogP contribution in [-0.4, -0.2) is 37.9 Å². The molecule has 28 heavy (non-hydrogen) atoms. The molecule has 144 valence electrons. The van der Waals surface area contributed by atoms with Crippen molar-refractivity contribution in [2.75, 3.05) is 0 Å². The molecule has 0 aliphatic heterocycles. The number of rotatable bonds is 6.